The molecular weight excluding hydrogens is 230 g/mol. The Balaban J connectivity index is 2.39. The Hall–Kier alpha value is -2.27. The van der Waals surface area contributed by atoms with Crippen LogP contribution >= 0.6 is 0 Å². The van der Waals surface area contributed by atoms with Gasteiger partial charge in [-0.3, -0.25) is 15.1 Å². The number of nitro groups is 1. The standard InChI is InChI=1S/C13H13N3O2/c1-13(14,11-6-8-15-9-7-11)10-2-4-12(5-3-10)16(17)18/h2-9H,14H2,1H3. The molecule has 0 amide bonds. The molecule has 1 aromatic heterocycles. The summed E-state index contributed by atoms with van der Waals surface area (Å²) in [6.07, 6.45) is 3.34. The molecule has 0 radical (unpaired) electrons. The number of hydrogen-bond acceptors (Lipinski definition) is 4. The zero-order valence-electron chi connectivity index (χ0n) is 9.91. The van der Waals surface area contributed by atoms with Crippen molar-refractivity contribution in [2.45, 2.75) is 12.5 Å². The highest BCUT2D eigenvalue weighted by Crippen LogP contribution is 2.27. The number of nitrogens with two attached hydrogens (primary N) is 1. The molecule has 0 saturated carbocycles. The second-order valence-corrected chi connectivity index (χ2v) is 4.24. The first kappa shape index (κ1) is 12.2. The summed E-state index contributed by atoms with van der Waals surface area (Å²) in [5.74, 6) is 0. The van der Waals surface area contributed by atoms with Crippen molar-refractivity contribution < 1.29 is 4.92 Å². The summed E-state index contributed by atoms with van der Waals surface area (Å²) < 4.78 is 0. The van der Waals surface area contributed by atoms with Gasteiger partial charge in [-0.1, -0.05) is 12.1 Å². The third-order valence-corrected chi connectivity index (χ3v) is 2.96. The number of nitrogens with zero attached hydrogens (tertiary/aromatic N) is 2. The van der Waals surface area contributed by atoms with Gasteiger partial charge in [-0.05, 0) is 30.2 Å². The topological polar surface area (TPSA) is 82.0 Å². The molecular formula is C13H13N3O2. The Morgan fingerprint density at radius 3 is 2.11 bits per heavy atom. The zero-order chi connectivity index (χ0) is 13.2. The van der Waals surface area contributed by atoms with E-state index in [0.717, 1.165) is 11.1 Å². The summed E-state index contributed by atoms with van der Waals surface area (Å²) in [6.45, 7) is 1.86. The van der Waals surface area contributed by atoms with Crippen LogP contribution < -0.4 is 5.73 Å². The fourth-order valence-corrected chi connectivity index (χ4v) is 1.79. The van der Waals surface area contributed by atoms with Crippen LogP contribution in [0.2, 0.25) is 0 Å². The molecule has 5 nitrogen and oxygen atoms in total. The molecule has 0 aliphatic carbocycles. The molecule has 0 saturated heterocycles. The molecule has 0 aliphatic rings. The molecule has 0 fully saturated rings. The SMILES string of the molecule is CC(N)(c1ccncc1)c1ccc([N+](=O)[O-])cc1. The van der Waals surface area contributed by atoms with Crippen molar-refractivity contribution in [3.8, 4) is 0 Å². The maximum Gasteiger partial charge on any atom is 0.269 e. The normalized spacial score (nSPS) is 13.9. The number of pyridine rings is 1. The van der Waals surface area contributed by atoms with Gasteiger partial charge in [0.15, 0.2) is 0 Å². The molecule has 0 aliphatic heterocycles. The van der Waals surface area contributed by atoms with Gasteiger partial charge in [0.2, 0.25) is 0 Å². The first-order valence-corrected chi connectivity index (χ1v) is 5.46. The van der Waals surface area contributed by atoms with Crippen LogP contribution in [0, 0.1) is 10.1 Å². The van der Waals surface area contributed by atoms with Crippen molar-refractivity contribution in [2.75, 3.05) is 0 Å². The summed E-state index contributed by atoms with van der Waals surface area (Å²) in [7, 11) is 0. The summed E-state index contributed by atoms with van der Waals surface area (Å²) in [5.41, 5.74) is 7.38. The van der Waals surface area contributed by atoms with E-state index in [0.29, 0.717) is 0 Å². The van der Waals surface area contributed by atoms with Gasteiger partial charge in [0, 0.05) is 24.5 Å². The fourth-order valence-electron chi connectivity index (χ4n) is 1.79. The van der Waals surface area contributed by atoms with Crippen LogP contribution in [0.3, 0.4) is 0 Å². The van der Waals surface area contributed by atoms with Gasteiger partial charge in [0.25, 0.3) is 5.69 Å². The minimum atomic E-state index is -0.696. The van der Waals surface area contributed by atoms with Crippen molar-refractivity contribution >= 4 is 5.69 Å². The first-order chi connectivity index (χ1) is 8.51. The minimum Gasteiger partial charge on any atom is -0.318 e. The molecule has 92 valence electrons. The highest BCUT2D eigenvalue weighted by Gasteiger charge is 2.24. The fraction of sp³-hybridized carbons (Fsp3) is 0.154. The predicted molar refractivity (Wildman–Crippen MR) is 68.0 cm³/mol. The van der Waals surface area contributed by atoms with Crippen molar-refractivity contribution in [3.05, 3.63) is 70.0 Å². The monoisotopic (exact) mass is 243 g/mol. The van der Waals surface area contributed by atoms with E-state index in [1.165, 1.54) is 12.1 Å². The maximum absolute atomic E-state index is 10.6. The average molecular weight is 243 g/mol. The van der Waals surface area contributed by atoms with Crippen LogP contribution in [-0.4, -0.2) is 9.91 Å². The van der Waals surface area contributed by atoms with Crippen LogP contribution in [0.4, 0.5) is 5.69 Å². The lowest BCUT2D eigenvalue weighted by Gasteiger charge is -2.25. The second-order valence-electron chi connectivity index (χ2n) is 4.24. The van der Waals surface area contributed by atoms with E-state index >= 15 is 0 Å². The molecule has 0 bridgehead atoms. The van der Waals surface area contributed by atoms with Crippen LogP contribution in [0.15, 0.2) is 48.8 Å². The second kappa shape index (κ2) is 4.54. The molecule has 0 spiro atoms. The molecule has 2 aromatic rings. The van der Waals surface area contributed by atoms with Crippen LogP contribution in [-0.2, 0) is 5.54 Å². The summed E-state index contributed by atoms with van der Waals surface area (Å²) in [5, 5.41) is 10.6. The number of rotatable bonds is 3. The third-order valence-electron chi connectivity index (χ3n) is 2.96. The van der Waals surface area contributed by atoms with Gasteiger partial charge in [-0.25, -0.2) is 0 Å². The number of aromatic nitrogens is 1. The average Bonchev–Trinajstić information content (AvgIpc) is 2.40. The van der Waals surface area contributed by atoms with Gasteiger partial charge < -0.3 is 5.73 Å². The molecule has 5 heteroatoms. The van der Waals surface area contributed by atoms with Crippen molar-refractivity contribution in [1.29, 1.82) is 0 Å². The summed E-state index contributed by atoms with van der Waals surface area (Å²) in [4.78, 5) is 14.1. The summed E-state index contributed by atoms with van der Waals surface area (Å²) >= 11 is 0. The molecule has 1 unspecified atom stereocenters. The van der Waals surface area contributed by atoms with E-state index in [9.17, 15) is 10.1 Å². The van der Waals surface area contributed by atoms with E-state index < -0.39 is 10.5 Å². The van der Waals surface area contributed by atoms with Gasteiger partial charge in [-0.15, -0.1) is 0 Å². The van der Waals surface area contributed by atoms with E-state index in [1.54, 1.807) is 24.5 Å². The lowest BCUT2D eigenvalue weighted by Crippen LogP contribution is -2.34. The van der Waals surface area contributed by atoms with E-state index in [1.807, 2.05) is 19.1 Å². The van der Waals surface area contributed by atoms with Crippen LogP contribution in [0.1, 0.15) is 18.1 Å². The highest BCUT2D eigenvalue weighted by atomic mass is 16.6. The van der Waals surface area contributed by atoms with E-state index in [4.69, 9.17) is 5.73 Å². The predicted octanol–water partition coefficient (Wildman–Crippen LogP) is 2.21. The van der Waals surface area contributed by atoms with Gasteiger partial charge in [0.1, 0.15) is 0 Å². The molecule has 1 heterocycles. The lowest BCUT2D eigenvalue weighted by molar-refractivity contribution is -0.384. The first-order valence-electron chi connectivity index (χ1n) is 5.46. The van der Waals surface area contributed by atoms with Crippen molar-refractivity contribution in [3.63, 3.8) is 0 Å². The summed E-state index contributed by atoms with van der Waals surface area (Å²) in [6, 6.07) is 9.95. The molecule has 18 heavy (non-hydrogen) atoms. The van der Waals surface area contributed by atoms with Crippen molar-refractivity contribution in [2.24, 2.45) is 5.73 Å². The van der Waals surface area contributed by atoms with Crippen molar-refractivity contribution in [1.82, 2.24) is 4.98 Å². The quantitative estimate of drug-likeness (QED) is 0.661. The Morgan fingerprint density at radius 1 is 1.11 bits per heavy atom. The largest absolute Gasteiger partial charge is 0.318 e. The van der Waals surface area contributed by atoms with Crippen LogP contribution in [0.5, 0.6) is 0 Å². The van der Waals surface area contributed by atoms with E-state index in [2.05, 4.69) is 4.98 Å². The Kier molecular flexibility index (Phi) is 3.08. The van der Waals surface area contributed by atoms with Crippen LogP contribution in [0.25, 0.3) is 0 Å². The van der Waals surface area contributed by atoms with Gasteiger partial charge in [-0.2, -0.15) is 0 Å². The van der Waals surface area contributed by atoms with E-state index in [-0.39, 0.29) is 5.69 Å². The number of nitro benzene ring substituents is 1. The Bertz CT molecular complexity index is 550. The number of non-ortho nitro benzene ring substituents is 1. The molecule has 1 aromatic carbocycles. The molecule has 2 N–H and O–H groups in total. The Morgan fingerprint density at radius 2 is 1.61 bits per heavy atom. The smallest absolute Gasteiger partial charge is 0.269 e. The number of benzene rings is 1. The lowest BCUT2D eigenvalue weighted by atomic mass is 9.86. The zero-order valence-corrected chi connectivity index (χ0v) is 9.91. The minimum absolute atomic E-state index is 0.0595. The van der Waals surface area contributed by atoms with Gasteiger partial charge >= 0.3 is 0 Å². The molecule has 2 rings (SSSR count). The molecule has 1 atom stereocenters. The number of hydrogen-bond donors (Lipinski definition) is 1. The maximum atomic E-state index is 10.6. The van der Waals surface area contributed by atoms with Gasteiger partial charge in [0.05, 0.1) is 10.5 Å². The Labute approximate surface area is 104 Å². The highest BCUT2D eigenvalue weighted by molar-refractivity contribution is 5.41. The third kappa shape index (κ3) is 2.21.